The molecule has 1 aliphatic rings. The third-order valence-corrected chi connectivity index (χ3v) is 4.94. The summed E-state index contributed by atoms with van der Waals surface area (Å²) in [5.41, 5.74) is 1.19. The van der Waals surface area contributed by atoms with Gasteiger partial charge in [0.15, 0.2) is 0 Å². The number of ether oxygens (including phenoxy) is 1. The van der Waals surface area contributed by atoms with Crippen LogP contribution < -0.4 is 0 Å². The molecule has 2 rings (SSSR count). The molecule has 2 nitrogen and oxygen atoms in total. The van der Waals surface area contributed by atoms with E-state index < -0.39 is 6.10 Å². The molecule has 1 N–H and O–H groups in total. The molecule has 15 heavy (non-hydrogen) atoms. The van der Waals surface area contributed by atoms with Crippen molar-refractivity contribution in [2.24, 2.45) is 0 Å². The first-order valence-corrected chi connectivity index (χ1v) is 6.85. The van der Waals surface area contributed by atoms with Gasteiger partial charge in [-0.1, -0.05) is 0 Å². The first kappa shape index (κ1) is 11.6. The lowest BCUT2D eigenvalue weighted by molar-refractivity contribution is -0.0620. The minimum atomic E-state index is -0.458. The van der Waals surface area contributed by atoms with Crippen molar-refractivity contribution in [1.82, 2.24) is 0 Å². The second-order valence-electron chi connectivity index (χ2n) is 3.96. The number of hydrogen-bond donors (Lipinski definition) is 1. The number of thiophene rings is 1. The van der Waals surface area contributed by atoms with Crippen LogP contribution in [0.15, 0.2) is 9.85 Å². The fourth-order valence-corrected chi connectivity index (χ4v) is 3.44. The normalized spacial score (nSPS) is 24.1. The molecule has 4 heteroatoms. The van der Waals surface area contributed by atoms with E-state index in [0.29, 0.717) is 0 Å². The molecule has 1 fully saturated rings. The van der Waals surface area contributed by atoms with Crippen LogP contribution in [0.3, 0.4) is 0 Å². The SMILES string of the molecule is Cc1cc(C(O)C2CCCCO2)sc1Br. The van der Waals surface area contributed by atoms with E-state index >= 15 is 0 Å². The second-order valence-corrected chi connectivity index (χ2v) is 6.36. The maximum absolute atomic E-state index is 10.1. The molecule has 1 aliphatic heterocycles. The van der Waals surface area contributed by atoms with Crippen molar-refractivity contribution in [2.45, 2.75) is 38.4 Å². The van der Waals surface area contributed by atoms with Crippen molar-refractivity contribution in [3.05, 3.63) is 20.3 Å². The van der Waals surface area contributed by atoms with Crippen molar-refractivity contribution < 1.29 is 9.84 Å². The fraction of sp³-hybridized carbons (Fsp3) is 0.636. The minimum Gasteiger partial charge on any atom is -0.385 e. The molecule has 2 heterocycles. The van der Waals surface area contributed by atoms with Gasteiger partial charge < -0.3 is 9.84 Å². The summed E-state index contributed by atoms with van der Waals surface area (Å²) in [6.07, 6.45) is 2.78. The Hall–Kier alpha value is 0.100. The van der Waals surface area contributed by atoms with Crippen molar-refractivity contribution in [3.63, 3.8) is 0 Å². The summed E-state index contributed by atoms with van der Waals surface area (Å²) in [6, 6.07) is 2.04. The van der Waals surface area contributed by atoms with Crippen molar-refractivity contribution in [3.8, 4) is 0 Å². The molecular formula is C11H15BrO2S. The Morgan fingerprint density at radius 1 is 1.60 bits per heavy atom. The Balaban J connectivity index is 2.08. The standard InChI is InChI=1S/C11H15BrO2S/c1-7-6-9(15-11(7)12)10(13)8-4-2-3-5-14-8/h6,8,10,13H,2-5H2,1H3. The molecule has 1 saturated heterocycles. The predicted molar refractivity (Wildman–Crippen MR) is 65.3 cm³/mol. The molecule has 0 aromatic carbocycles. The molecule has 84 valence electrons. The molecule has 0 radical (unpaired) electrons. The van der Waals surface area contributed by atoms with E-state index in [4.69, 9.17) is 4.74 Å². The molecule has 0 bridgehead atoms. The highest BCUT2D eigenvalue weighted by Gasteiger charge is 2.25. The van der Waals surface area contributed by atoms with E-state index in [1.165, 1.54) is 5.56 Å². The molecular weight excluding hydrogens is 276 g/mol. The fourth-order valence-electron chi connectivity index (χ4n) is 1.83. The quantitative estimate of drug-likeness (QED) is 0.904. The van der Waals surface area contributed by atoms with Crippen LogP contribution in [0.4, 0.5) is 0 Å². The van der Waals surface area contributed by atoms with Crippen molar-refractivity contribution in [1.29, 1.82) is 0 Å². The molecule has 1 aromatic rings. The summed E-state index contributed by atoms with van der Waals surface area (Å²) in [5.74, 6) is 0. The largest absolute Gasteiger partial charge is 0.385 e. The highest BCUT2D eigenvalue weighted by Crippen LogP contribution is 2.35. The smallest absolute Gasteiger partial charge is 0.114 e. The maximum atomic E-state index is 10.1. The van der Waals surface area contributed by atoms with E-state index in [2.05, 4.69) is 15.9 Å². The number of aliphatic hydroxyl groups is 1. The van der Waals surface area contributed by atoms with Gasteiger partial charge in [0.05, 0.1) is 9.89 Å². The third-order valence-electron chi connectivity index (χ3n) is 2.73. The summed E-state index contributed by atoms with van der Waals surface area (Å²) in [6.45, 7) is 2.83. The van der Waals surface area contributed by atoms with Gasteiger partial charge in [-0.25, -0.2) is 0 Å². The zero-order valence-corrected chi connectivity index (χ0v) is 11.1. The summed E-state index contributed by atoms with van der Waals surface area (Å²) in [4.78, 5) is 1.01. The van der Waals surface area contributed by atoms with E-state index in [1.54, 1.807) is 11.3 Å². The molecule has 2 unspecified atom stereocenters. The van der Waals surface area contributed by atoms with Crippen LogP contribution >= 0.6 is 27.3 Å². The van der Waals surface area contributed by atoms with Crippen LogP contribution in [-0.2, 0) is 4.74 Å². The van der Waals surface area contributed by atoms with Gasteiger partial charge in [-0.15, -0.1) is 11.3 Å². The van der Waals surface area contributed by atoms with E-state index in [1.807, 2.05) is 13.0 Å². The molecule has 0 saturated carbocycles. The zero-order chi connectivity index (χ0) is 10.8. The topological polar surface area (TPSA) is 29.5 Å². The van der Waals surface area contributed by atoms with Gasteiger partial charge in [-0.2, -0.15) is 0 Å². The zero-order valence-electron chi connectivity index (χ0n) is 8.70. The van der Waals surface area contributed by atoms with Crippen LogP contribution in [0.25, 0.3) is 0 Å². The Kier molecular flexibility index (Phi) is 3.83. The molecule has 0 spiro atoms. The predicted octanol–water partition coefficient (Wildman–Crippen LogP) is 3.42. The molecule has 1 aromatic heterocycles. The van der Waals surface area contributed by atoms with E-state index in [0.717, 1.165) is 34.5 Å². The number of hydrogen-bond acceptors (Lipinski definition) is 3. The Morgan fingerprint density at radius 3 is 2.93 bits per heavy atom. The number of aliphatic hydroxyl groups excluding tert-OH is 1. The summed E-state index contributed by atoms with van der Waals surface area (Å²) < 4.78 is 6.69. The van der Waals surface area contributed by atoms with E-state index in [-0.39, 0.29) is 6.10 Å². The van der Waals surface area contributed by atoms with Gasteiger partial charge in [-0.05, 0) is 53.7 Å². The molecule has 2 atom stereocenters. The Labute approximate surface area is 102 Å². The van der Waals surface area contributed by atoms with Gasteiger partial charge >= 0.3 is 0 Å². The highest BCUT2D eigenvalue weighted by molar-refractivity contribution is 9.11. The van der Waals surface area contributed by atoms with Crippen LogP contribution in [-0.4, -0.2) is 17.8 Å². The monoisotopic (exact) mass is 290 g/mol. The average Bonchev–Trinajstić information content (AvgIpc) is 2.59. The first-order valence-electron chi connectivity index (χ1n) is 5.24. The van der Waals surface area contributed by atoms with Crippen LogP contribution in [0.2, 0.25) is 0 Å². The maximum Gasteiger partial charge on any atom is 0.114 e. The highest BCUT2D eigenvalue weighted by atomic mass is 79.9. The summed E-state index contributed by atoms with van der Waals surface area (Å²) in [7, 11) is 0. The molecule has 0 aliphatic carbocycles. The van der Waals surface area contributed by atoms with Crippen LogP contribution in [0, 0.1) is 6.92 Å². The van der Waals surface area contributed by atoms with Crippen LogP contribution in [0.5, 0.6) is 0 Å². The lowest BCUT2D eigenvalue weighted by Gasteiger charge is -2.26. The minimum absolute atomic E-state index is 0.0105. The number of rotatable bonds is 2. The van der Waals surface area contributed by atoms with Gasteiger partial charge in [0.1, 0.15) is 6.10 Å². The second kappa shape index (κ2) is 4.95. The Bertz CT molecular complexity index is 312. The van der Waals surface area contributed by atoms with E-state index in [9.17, 15) is 5.11 Å². The third kappa shape index (κ3) is 2.61. The van der Waals surface area contributed by atoms with Gasteiger partial charge in [0, 0.05) is 11.5 Å². The van der Waals surface area contributed by atoms with Crippen molar-refractivity contribution >= 4 is 27.3 Å². The number of halogens is 1. The van der Waals surface area contributed by atoms with Gasteiger partial charge in [0.25, 0.3) is 0 Å². The number of aryl methyl sites for hydroxylation is 1. The van der Waals surface area contributed by atoms with Gasteiger partial charge in [0.2, 0.25) is 0 Å². The summed E-state index contributed by atoms with van der Waals surface area (Å²) >= 11 is 5.08. The van der Waals surface area contributed by atoms with Crippen LogP contribution in [0.1, 0.15) is 35.8 Å². The molecule has 0 amide bonds. The van der Waals surface area contributed by atoms with Crippen molar-refractivity contribution in [2.75, 3.05) is 6.61 Å². The summed E-state index contributed by atoms with van der Waals surface area (Å²) in [5, 5.41) is 10.1. The lowest BCUT2D eigenvalue weighted by Crippen LogP contribution is -2.25. The lowest BCUT2D eigenvalue weighted by atomic mass is 10.0. The first-order chi connectivity index (χ1) is 7.18. The average molecular weight is 291 g/mol. The van der Waals surface area contributed by atoms with Gasteiger partial charge in [-0.3, -0.25) is 0 Å². The Morgan fingerprint density at radius 2 is 2.40 bits per heavy atom.